The number of ether oxygens (including phenoxy) is 2. The third-order valence-corrected chi connectivity index (χ3v) is 2.44. The van der Waals surface area contributed by atoms with Gasteiger partial charge in [0.15, 0.2) is 6.29 Å². The van der Waals surface area contributed by atoms with E-state index in [2.05, 4.69) is 5.32 Å². The van der Waals surface area contributed by atoms with E-state index in [-0.39, 0.29) is 18.1 Å². The molecule has 17 heavy (non-hydrogen) atoms. The number of nitrogens with one attached hydrogen (secondary N) is 1. The summed E-state index contributed by atoms with van der Waals surface area (Å²) in [4.78, 5) is 11.7. The van der Waals surface area contributed by atoms with E-state index in [4.69, 9.17) is 15.2 Å². The van der Waals surface area contributed by atoms with Crippen molar-refractivity contribution in [1.82, 2.24) is 5.32 Å². The number of amides is 1. The van der Waals surface area contributed by atoms with E-state index in [9.17, 15) is 4.79 Å². The molecule has 5 nitrogen and oxygen atoms in total. The maximum Gasteiger partial charge on any atom is 0.223 e. The minimum atomic E-state index is -0.351. The van der Waals surface area contributed by atoms with Gasteiger partial charge in [-0.05, 0) is 33.2 Å². The van der Waals surface area contributed by atoms with Gasteiger partial charge in [0.25, 0.3) is 0 Å². The Hall–Kier alpha value is -0.650. The summed E-state index contributed by atoms with van der Waals surface area (Å²) in [6, 6.07) is 0. The average Bonchev–Trinajstić information content (AvgIpc) is 2.33. The Bertz CT molecular complexity index is 194. The molecule has 0 saturated heterocycles. The van der Waals surface area contributed by atoms with Gasteiger partial charge in [0.2, 0.25) is 5.91 Å². The van der Waals surface area contributed by atoms with E-state index >= 15 is 0 Å². The summed E-state index contributed by atoms with van der Waals surface area (Å²) in [5, 5.41) is 2.83. The van der Waals surface area contributed by atoms with Crippen LogP contribution in [0.2, 0.25) is 0 Å². The molecule has 1 atom stereocenters. The zero-order chi connectivity index (χ0) is 13.1. The molecule has 0 aliphatic rings. The lowest BCUT2D eigenvalue weighted by Crippen LogP contribution is -2.38. The highest BCUT2D eigenvalue weighted by molar-refractivity contribution is 5.78. The van der Waals surface area contributed by atoms with Crippen molar-refractivity contribution >= 4 is 5.91 Å². The Labute approximate surface area is 104 Å². The molecule has 0 fully saturated rings. The zero-order valence-corrected chi connectivity index (χ0v) is 11.2. The number of carbonyl (C=O) groups excluding carboxylic acids is 1. The maximum atomic E-state index is 11.7. The minimum Gasteiger partial charge on any atom is -0.351 e. The number of rotatable bonds is 10. The molecule has 0 rings (SSSR count). The van der Waals surface area contributed by atoms with Crippen LogP contribution in [0.5, 0.6) is 0 Å². The van der Waals surface area contributed by atoms with Gasteiger partial charge in [0.1, 0.15) is 0 Å². The van der Waals surface area contributed by atoms with Crippen molar-refractivity contribution in [2.45, 2.75) is 39.9 Å². The molecule has 0 aromatic carbocycles. The Morgan fingerprint density at radius 1 is 1.29 bits per heavy atom. The lowest BCUT2D eigenvalue weighted by Gasteiger charge is -2.19. The van der Waals surface area contributed by atoms with E-state index in [1.807, 2.05) is 20.8 Å². The molecule has 1 amide bonds. The van der Waals surface area contributed by atoms with Crippen LogP contribution in [0.15, 0.2) is 0 Å². The van der Waals surface area contributed by atoms with Crippen LogP contribution in [0.4, 0.5) is 0 Å². The van der Waals surface area contributed by atoms with Gasteiger partial charge in [0.05, 0.1) is 6.54 Å². The van der Waals surface area contributed by atoms with E-state index in [0.29, 0.717) is 26.3 Å². The quantitative estimate of drug-likeness (QED) is 0.561. The molecule has 0 bridgehead atoms. The van der Waals surface area contributed by atoms with Crippen molar-refractivity contribution in [3.05, 3.63) is 0 Å². The second-order valence-corrected chi connectivity index (χ2v) is 3.92. The first kappa shape index (κ1) is 16.4. The fourth-order valence-corrected chi connectivity index (χ4v) is 1.45. The summed E-state index contributed by atoms with van der Waals surface area (Å²) < 4.78 is 10.7. The van der Waals surface area contributed by atoms with E-state index < -0.39 is 0 Å². The Morgan fingerprint density at radius 2 is 1.88 bits per heavy atom. The zero-order valence-electron chi connectivity index (χ0n) is 11.2. The SMILES string of the molecule is CCOC(CNC(=O)C(C)CCCN)OCC. The summed E-state index contributed by atoms with van der Waals surface area (Å²) in [5.74, 6) is 0.0188. The maximum absolute atomic E-state index is 11.7. The predicted octanol–water partition coefficient (Wildman–Crippen LogP) is 0.877. The van der Waals surface area contributed by atoms with Crippen LogP contribution in [-0.2, 0) is 14.3 Å². The number of hydrogen-bond acceptors (Lipinski definition) is 4. The van der Waals surface area contributed by atoms with Gasteiger partial charge >= 0.3 is 0 Å². The molecule has 102 valence electrons. The van der Waals surface area contributed by atoms with Gasteiger partial charge in [0, 0.05) is 19.1 Å². The molecule has 1 unspecified atom stereocenters. The molecule has 3 N–H and O–H groups in total. The number of carbonyl (C=O) groups is 1. The standard InChI is InChI=1S/C12H26N2O3/c1-4-16-11(17-5-2)9-14-12(15)10(3)7-6-8-13/h10-11H,4-9,13H2,1-3H3,(H,14,15). The Kier molecular flexibility index (Phi) is 10.1. The first-order chi connectivity index (χ1) is 8.15. The molecular weight excluding hydrogens is 220 g/mol. The smallest absolute Gasteiger partial charge is 0.223 e. The van der Waals surface area contributed by atoms with E-state index in [1.165, 1.54) is 0 Å². The summed E-state index contributed by atoms with van der Waals surface area (Å²) >= 11 is 0. The normalized spacial score (nSPS) is 12.8. The highest BCUT2D eigenvalue weighted by atomic mass is 16.7. The number of hydrogen-bond donors (Lipinski definition) is 2. The van der Waals surface area contributed by atoms with E-state index in [1.54, 1.807) is 0 Å². The predicted molar refractivity (Wildman–Crippen MR) is 67.5 cm³/mol. The third kappa shape index (κ3) is 8.12. The molecule has 5 heteroatoms. The van der Waals surface area contributed by atoms with Crippen LogP contribution in [0, 0.1) is 5.92 Å². The molecule has 0 saturated carbocycles. The van der Waals surface area contributed by atoms with Gasteiger partial charge < -0.3 is 20.5 Å². The van der Waals surface area contributed by atoms with Gasteiger partial charge in [-0.25, -0.2) is 0 Å². The van der Waals surface area contributed by atoms with Crippen molar-refractivity contribution in [3.8, 4) is 0 Å². The summed E-state index contributed by atoms with van der Waals surface area (Å²) in [7, 11) is 0. The van der Waals surface area contributed by atoms with E-state index in [0.717, 1.165) is 12.8 Å². The lowest BCUT2D eigenvalue weighted by molar-refractivity contribution is -0.142. The average molecular weight is 246 g/mol. The molecule has 0 spiro atoms. The van der Waals surface area contributed by atoms with Gasteiger partial charge in [-0.1, -0.05) is 6.92 Å². The fourth-order valence-electron chi connectivity index (χ4n) is 1.45. The topological polar surface area (TPSA) is 73.6 Å². The van der Waals surface area contributed by atoms with Crippen LogP contribution in [0.3, 0.4) is 0 Å². The highest BCUT2D eigenvalue weighted by Gasteiger charge is 2.14. The molecule has 0 aliphatic carbocycles. The molecule has 0 aliphatic heterocycles. The first-order valence-electron chi connectivity index (χ1n) is 6.36. The molecule has 0 aromatic rings. The second kappa shape index (κ2) is 10.5. The van der Waals surface area contributed by atoms with Gasteiger partial charge in [-0.3, -0.25) is 4.79 Å². The summed E-state index contributed by atoms with van der Waals surface area (Å²) in [6.07, 6.45) is 1.33. The highest BCUT2D eigenvalue weighted by Crippen LogP contribution is 2.04. The lowest BCUT2D eigenvalue weighted by atomic mass is 10.1. The Balaban J connectivity index is 3.85. The monoisotopic (exact) mass is 246 g/mol. The van der Waals surface area contributed by atoms with Crippen molar-refractivity contribution in [1.29, 1.82) is 0 Å². The third-order valence-electron chi connectivity index (χ3n) is 2.44. The second-order valence-electron chi connectivity index (χ2n) is 3.92. The van der Waals surface area contributed by atoms with Crippen molar-refractivity contribution in [2.75, 3.05) is 26.3 Å². The molecule has 0 radical (unpaired) electrons. The van der Waals surface area contributed by atoms with Crippen molar-refractivity contribution < 1.29 is 14.3 Å². The van der Waals surface area contributed by atoms with Crippen LogP contribution in [0.25, 0.3) is 0 Å². The minimum absolute atomic E-state index is 0.0116. The summed E-state index contributed by atoms with van der Waals surface area (Å²) in [5.41, 5.74) is 5.41. The summed E-state index contributed by atoms with van der Waals surface area (Å²) in [6.45, 7) is 7.87. The van der Waals surface area contributed by atoms with Crippen molar-refractivity contribution in [2.24, 2.45) is 11.7 Å². The van der Waals surface area contributed by atoms with Crippen LogP contribution < -0.4 is 11.1 Å². The van der Waals surface area contributed by atoms with Crippen LogP contribution >= 0.6 is 0 Å². The first-order valence-corrected chi connectivity index (χ1v) is 6.36. The van der Waals surface area contributed by atoms with Gasteiger partial charge in [-0.2, -0.15) is 0 Å². The molecule has 0 heterocycles. The van der Waals surface area contributed by atoms with Crippen LogP contribution in [0.1, 0.15) is 33.6 Å². The Morgan fingerprint density at radius 3 is 2.35 bits per heavy atom. The van der Waals surface area contributed by atoms with Crippen LogP contribution in [-0.4, -0.2) is 38.5 Å². The fraction of sp³-hybridized carbons (Fsp3) is 0.917. The van der Waals surface area contributed by atoms with Crippen molar-refractivity contribution in [3.63, 3.8) is 0 Å². The largest absolute Gasteiger partial charge is 0.351 e. The van der Waals surface area contributed by atoms with Gasteiger partial charge in [-0.15, -0.1) is 0 Å². The number of nitrogens with two attached hydrogens (primary N) is 1. The molecular formula is C12H26N2O3. The molecule has 0 aromatic heterocycles.